The molecule has 1 aliphatic heterocycles. The molecule has 31 heavy (non-hydrogen) atoms. The van der Waals surface area contributed by atoms with E-state index in [1.807, 2.05) is 12.1 Å². The first-order chi connectivity index (χ1) is 14.9. The lowest BCUT2D eigenvalue weighted by Gasteiger charge is -2.06. The summed E-state index contributed by atoms with van der Waals surface area (Å²) >= 11 is 10.1. The molecule has 2 aromatic rings. The maximum Gasteiger partial charge on any atom is 0.303 e. The molecule has 0 bridgehead atoms. The number of carboxylic acids is 1. The molecule has 1 aromatic heterocycles. The molecule has 0 atom stereocenters. The SMILES string of the molecule is O=C(O)CCCCCCCCCCn1c(O)c(C2=c3cc(Br)ccc3=NC2=O)sc1=S. The Bertz CT molecular complexity index is 1150. The third kappa shape index (κ3) is 6.11. The van der Waals surface area contributed by atoms with Gasteiger partial charge in [-0.2, -0.15) is 0 Å². The van der Waals surface area contributed by atoms with Gasteiger partial charge >= 0.3 is 5.97 Å². The molecule has 0 aliphatic carbocycles. The summed E-state index contributed by atoms with van der Waals surface area (Å²) in [5.41, 5.74) is 0.409. The van der Waals surface area contributed by atoms with Crippen molar-refractivity contribution in [2.75, 3.05) is 0 Å². The van der Waals surface area contributed by atoms with E-state index in [1.54, 1.807) is 10.6 Å². The summed E-state index contributed by atoms with van der Waals surface area (Å²) in [4.78, 5) is 27.5. The van der Waals surface area contributed by atoms with Crippen LogP contribution in [0.5, 0.6) is 5.88 Å². The van der Waals surface area contributed by atoms with E-state index in [-0.39, 0.29) is 18.2 Å². The number of aromatic nitrogens is 1. The van der Waals surface area contributed by atoms with Gasteiger partial charge in [0.25, 0.3) is 5.91 Å². The maximum absolute atomic E-state index is 12.5. The second-order valence-electron chi connectivity index (χ2n) is 7.60. The molecule has 0 spiro atoms. The fraction of sp³-hybridized carbons (Fsp3) is 0.455. The Morgan fingerprint density at radius 3 is 2.42 bits per heavy atom. The van der Waals surface area contributed by atoms with Crippen molar-refractivity contribution < 1.29 is 19.8 Å². The highest BCUT2D eigenvalue weighted by molar-refractivity contribution is 9.10. The second kappa shape index (κ2) is 11.2. The van der Waals surface area contributed by atoms with Gasteiger partial charge in [0.2, 0.25) is 5.88 Å². The zero-order chi connectivity index (χ0) is 22.4. The van der Waals surface area contributed by atoms with Crippen LogP contribution in [0, 0.1) is 3.95 Å². The predicted molar refractivity (Wildman–Crippen MR) is 126 cm³/mol. The molecule has 0 saturated heterocycles. The molecule has 6 nitrogen and oxygen atoms in total. The van der Waals surface area contributed by atoms with Gasteiger partial charge in [-0.15, -0.1) is 11.3 Å². The van der Waals surface area contributed by atoms with Crippen LogP contribution in [0.2, 0.25) is 0 Å². The van der Waals surface area contributed by atoms with Crippen molar-refractivity contribution in [3.05, 3.63) is 42.1 Å². The molecule has 0 radical (unpaired) electrons. The summed E-state index contributed by atoms with van der Waals surface area (Å²) in [7, 11) is 0. The number of amides is 1. The first kappa shape index (κ1) is 23.8. The molecule has 1 aliphatic rings. The number of aliphatic carboxylic acids is 1. The number of carbonyl (C=O) groups excluding carboxylic acids is 1. The first-order valence-corrected chi connectivity index (χ1v) is 12.5. The molecular formula is C22H25BrN2O4S2. The van der Waals surface area contributed by atoms with Crippen LogP contribution in [-0.2, 0) is 16.1 Å². The van der Waals surface area contributed by atoms with Gasteiger partial charge in [0, 0.05) is 22.7 Å². The van der Waals surface area contributed by atoms with Crippen LogP contribution < -0.4 is 10.6 Å². The Morgan fingerprint density at radius 1 is 1.10 bits per heavy atom. The van der Waals surface area contributed by atoms with Crippen LogP contribution in [0.4, 0.5) is 0 Å². The third-order valence-corrected chi connectivity index (χ3v) is 7.23. The van der Waals surface area contributed by atoms with Gasteiger partial charge in [-0.25, -0.2) is 4.99 Å². The summed E-state index contributed by atoms with van der Waals surface area (Å²) in [5, 5.41) is 20.7. The summed E-state index contributed by atoms with van der Waals surface area (Å²) < 4.78 is 3.10. The van der Waals surface area contributed by atoms with E-state index in [9.17, 15) is 14.7 Å². The average Bonchev–Trinajstić information content (AvgIpc) is 3.18. The second-order valence-corrected chi connectivity index (χ2v) is 10.2. The molecule has 166 valence electrons. The Balaban J connectivity index is 1.54. The largest absolute Gasteiger partial charge is 0.493 e. The van der Waals surface area contributed by atoms with Crippen LogP contribution in [0.3, 0.4) is 0 Å². The molecule has 0 unspecified atom stereocenters. The van der Waals surface area contributed by atoms with Crippen molar-refractivity contribution in [1.82, 2.24) is 4.57 Å². The molecule has 9 heteroatoms. The van der Waals surface area contributed by atoms with Crippen molar-refractivity contribution in [3.63, 3.8) is 0 Å². The van der Waals surface area contributed by atoms with E-state index in [0.717, 1.165) is 55.8 Å². The van der Waals surface area contributed by atoms with Crippen molar-refractivity contribution in [2.24, 2.45) is 4.99 Å². The predicted octanol–water partition coefficient (Wildman–Crippen LogP) is 4.70. The summed E-state index contributed by atoms with van der Waals surface area (Å²) in [5.74, 6) is -1.03. The smallest absolute Gasteiger partial charge is 0.303 e. The minimum atomic E-state index is -0.722. The van der Waals surface area contributed by atoms with Crippen LogP contribution in [0.1, 0.15) is 62.7 Å². The fourth-order valence-electron chi connectivity index (χ4n) is 3.67. The van der Waals surface area contributed by atoms with Gasteiger partial charge in [-0.3, -0.25) is 14.2 Å². The molecule has 0 saturated carbocycles. The van der Waals surface area contributed by atoms with Gasteiger partial charge in [0.15, 0.2) is 3.95 Å². The number of benzene rings is 1. The summed E-state index contributed by atoms with van der Waals surface area (Å²) in [6, 6.07) is 5.46. The number of hydrogen-bond acceptors (Lipinski definition) is 5. The highest BCUT2D eigenvalue weighted by Gasteiger charge is 2.25. The number of thiazole rings is 1. The normalized spacial score (nSPS) is 12.8. The number of halogens is 1. The monoisotopic (exact) mass is 524 g/mol. The zero-order valence-corrected chi connectivity index (χ0v) is 20.3. The highest BCUT2D eigenvalue weighted by Crippen LogP contribution is 2.33. The molecule has 2 N–H and O–H groups in total. The maximum atomic E-state index is 12.5. The molecule has 3 rings (SSSR count). The zero-order valence-electron chi connectivity index (χ0n) is 17.1. The van der Waals surface area contributed by atoms with Gasteiger partial charge in [-0.1, -0.05) is 54.5 Å². The van der Waals surface area contributed by atoms with Gasteiger partial charge in [-0.05, 0) is 43.3 Å². The third-order valence-electron chi connectivity index (χ3n) is 5.28. The summed E-state index contributed by atoms with van der Waals surface area (Å²) in [6.07, 6.45) is 8.32. The van der Waals surface area contributed by atoms with E-state index in [2.05, 4.69) is 20.9 Å². The molecular weight excluding hydrogens is 500 g/mol. The van der Waals surface area contributed by atoms with E-state index in [0.29, 0.717) is 31.5 Å². The van der Waals surface area contributed by atoms with Crippen LogP contribution in [0.15, 0.2) is 27.7 Å². The van der Waals surface area contributed by atoms with Crippen LogP contribution in [-0.4, -0.2) is 26.7 Å². The Labute approximate surface area is 198 Å². The minimum Gasteiger partial charge on any atom is -0.493 e. The van der Waals surface area contributed by atoms with Crippen molar-refractivity contribution in [2.45, 2.75) is 64.3 Å². The quantitative estimate of drug-likeness (QED) is 0.310. The Hall–Kier alpha value is -1.84. The van der Waals surface area contributed by atoms with Crippen LogP contribution in [0.25, 0.3) is 5.57 Å². The number of carbonyl (C=O) groups is 2. The lowest BCUT2D eigenvalue weighted by molar-refractivity contribution is -0.137. The van der Waals surface area contributed by atoms with Crippen molar-refractivity contribution >= 4 is 56.9 Å². The Morgan fingerprint density at radius 2 is 1.74 bits per heavy atom. The van der Waals surface area contributed by atoms with E-state index >= 15 is 0 Å². The van der Waals surface area contributed by atoms with E-state index in [1.165, 1.54) is 11.3 Å². The topological polar surface area (TPSA) is 91.9 Å². The number of aromatic hydroxyl groups is 1. The number of fused-ring (bicyclic) bond motifs is 1. The Kier molecular flexibility index (Phi) is 8.57. The van der Waals surface area contributed by atoms with Gasteiger partial charge in [0.1, 0.15) is 4.88 Å². The number of hydrogen-bond donors (Lipinski definition) is 2. The first-order valence-electron chi connectivity index (χ1n) is 10.5. The van der Waals surface area contributed by atoms with Crippen molar-refractivity contribution in [3.8, 4) is 5.88 Å². The average molecular weight is 525 g/mol. The molecule has 0 fully saturated rings. The van der Waals surface area contributed by atoms with Gasteiger partial charge < -0.3 is 10.2 Å². The van der Waals surface area contributed by atoms with E-state index < -0.39 is 5.97 Å². The lowest BCUT2D eigenvalue weighted by Crippen LogP contribution is -2.22. The lowest BCUT2D eigenvalue weighted by atomic mass is 10.1. The standard InChI is InChI=1S/C22H25BrN2O4S2/c23-14-10-11-16-15(13-14)18(20(28)24-16)19-21(29)25(22(30)31-19)12-8-6-4-2-1-3-5-7-9-17(26)27/h10-11,13,29H,1-9,12H2,(H,26,27). The highest BCUT2D eigenvalue weighted by atomic mass is 79.9. The number of carboxylic acid groups (broad SMARTS) is 1. The number of unbranched alkanes of at least 4 members (excludes halogenated alkanes) is 7. The fourth-order valence-corrected chi connectivity index (χ4v) is 5.42. The number of nitrogens with zero attached hydrogens (tertiary/aromatic N) is 2. The van der Waals surface area contributed by atoms with Crippen molar-refractivity contribution in [1.29, 1.82) is 0 Å². The summed E-state index contributed by atoms with van der Waals surface area (Å²) in [6.45, 7) is 0.615. The molecule has 2 heterocycles. The molecule has 1 amide bonds. The van der Waals surface area contributed by atoms with Crippen LogP contribution >= 0.6 is 39.5 Å². The van der Waals surface area contributed by atoms with Gasteiger partial charge in [0.05, 0.1) is 10.9 Å². The minimum absolute atomic E-state index is 0.0415. The molecule has 1 aromatic carbocycles. The van der Waals surface area contributed by atoms with E-state index in [4.69, 9.17) is 17.3 Å². The number of rotatable bonds is 12.